The molecule has 0 radical (unpaired) electrons. The number of aryl methyl sites for hydroxylation is 1. The Balaban J connectivity index is 2.27. The third kappa shape index (κ3) is 3.82. The van der Waals surface area contributed by atoms with Gasteiger partial charge in [0.05, 0.1) is 17.0 Å². The Bertz CT molecular complexity index is 770. The van der Waals surface area contributed by atoms with Crippen LogP contribution in [0.25, 0.3) is 0 Å². The van der Waals surface area contributed by atoms with Crippen LogP contribution >= 0.6 is 0 Å². The molecule has 0 atom stereocenters. The number of nitrogens with one attached hydrogen (secondary N) is 1. The fourth-order valence-electron chi connectivity index (χ4n) is 1.97. The number of rotatable bonds is 5. The van der Waals surface area contributed by atoms with Gasteiger partial charge in [-0.1, -0.05) is 36.4 Å². The molecule has 21 heavy (non-hydrogen) atoms. The van der Waals surface area contributed by atoms with Crippen molar-refractivity contribution in [3.8, 4) is 0 Å². The monoisotopic (exact) mass is 304 g/mol. The molecule has 0 aliphatic rings. The highest BCUT2D eigenvalue weighted by Gasteiger charge is 2.16. The van der Waals surface area contributed by atoms with Crippen molar-refractivity contribution in [1.29, 1.82) is 0 Å². The minimum Gasteiger partial charge on any atom is -0.366 e. The van der Waals surface area contributed by atoms with E-state index in [9.17, 15) is 13.2 Å². The average molecular weight is 304 g/mol. The van der Waals surface area contributed by atoms with Gasteiger partial charge in [0.15, 0.2) is 0 Å². The van der Waals surface area contributed by atoms with Crippen LogP contribution in [0.15, 0.2) is 48.5 Å². The average Bonchev–Trinajstić information content (AvgIpc) is 2.41. The van der Waals surface area contributed by atoms with Gasteiger partial charge in [0, 0.05) is 0 Å². The molecule has 2 rings (SSSR count). The van der Waals surface area contributed by atoms with E-state index in [0.29, 0.717) is 5.56 Å². The molecule has 0 fully saturated rings. The molecule has 6 heteroatoms. The van der Waals surface area contributed by atoms with Crippen LogP contribution in [0, 0.1) is 6.92 Å². The molecule has 0 saturated heterocycles. The molecular formula is C15H16N2O3S. The highest BCUT2D eigenvalue weighted by Crippen LogP contribution is 2.18. The molecule has 0 aromatic heterocycles. The summed E-state index contributed by atoms with van der Waals surface area (Å²) in [5, 5.41) is 0. The molecular weight excluding hydrogens is 288 g/mol. The molecule has 110 valence electrons. The van der Waals surface area contributed by atoms with Crippen LogP contribution in [-0.2, 0) is 15.8 Å². The van der Waals surface area contributed by atoms with Gasteiger partial charge in [-0.3, -0.25) is 9.52 Å². The Kier molecular flexibility index (Phi) is 4.28. The number of nitrogens with two attached hydrogens (primary N) is 1. The van der Waals surface area contributed by atoms with Crippen molar-refractivity contribution in [3.05, 3.63) is 65.2 Å². The van der Waals surface area contributed by atoms with Gasteiger partial charge in [0.25, 0.3) is 5.91 Å². The van der Waals surface area contributed by atoms with Crippen LogP contribution in [0.5, 0.6) is 0 Å². The number of carbonyl (C=O) groups is 1. The Labute approximate surface area is 123 Å². The number of hydrogen-bond acceptors (Lipinski definition) is 3. The minimum atomic E-state index is -3.62. The van der Waals surface area contributed by atoms with Crippen molar-refractivity contribution < 1.29 is 13.2 Å². The van der Waals surface area contributed by atoms with Crippen molar-refractivity contribution >= 4 is 21.6 Å². The number of anilines is 1. The second-order valence-corrected chi connectivity index (χ2v) is 6.42. The summed E-state index contributed by atoms with van der Waals surface area (Å²) >= 11 is 0. The molecule has 1 amide bonds. The first-order chi connectivity index (χ1) is 9.89. The summed E-state index contributed by atoms with van der Waals surface area (Å²) in [6, 6.07) is 13.5. The van der Waals surface area contributed by atoms with E-state index >= 15 is 0 Å². The van der Waals surface area contributed by atoms with Crippen molar-refractivity contribution in [2.24, 2.45) is 5.73 Å². The SMILES string of the molecule is Cc1ccccc1CS(=O)(=O)Nc1ccccc1C(N)=O. The summed E-state index contributed by atoms with van der Waals surface area (Å²) in [6.45, 7) is 1.85. The quantitative estimate of drug-likeness (QED) is 0.885. The van der Waals surface area contributed by atoms with Crippen molar-refractivity contribution in [1.82, 2.24) is 0 Å². The van der Waals surface area contributed by atoms with Crippen LogP contribution in [0.1, 0.15) is 21.5 Å². The maximum atomic E-state index is 12.2. The lowest BCUT2D eigenvalue weighted by molar-refractivity contribution is 0.100. The lowest BCUT2D eigenvalue weighted by atomic mass is 10.1. The van der Waals surface area contributed by atoms with Crippen LogP contribution in [0.4, 0.5) is 5.69 Å². The number of sulfonamides is 1. The molecule has 0 heterocycles. The third-order valence-electron chi connectivity index (χ3n) is 3.06. The van der Waals surface area contributed by atoms with Gasteiger partial charge in [-0.25, -0.2) is 8.42 Å². The standard InChI is InChI=1S/C15H16N2O3S/c1-11-6-2-3-7-12(11)10-21(19,20)17-14-9-5-4-8-13(14)15(16)18/h2-9,17H,10H2,1H3,(H2,16,18). The molecule has 0 aliphatic carbocycles. The summed E-state index contributed by atoms with van der Waals surface area (Å²) in [5.74, 6) is -0.837. The smallest absolute Gasteiger partial charge is 0.250 e. The molecule has 0 bridgehead atoms. The lowest BCUT2D eigenvalue weighted by Gasteiger charge is -2.12. The van der Waals surface area contributed by atoms with Gasteiger partial charge in [-0.2, -0.15) is 0 Å². The number of hydrogen-bond donors (Lipinski definition) is 2. The van der Waals surface area contributed by atoms with Gasteiger partial charge in [-0.05, 0) is 30.2 Å². The van der Waals surface area contributed by atoms with E-state index in [1.807, 2.05) is 19.1 Å². The number of para-hydroxylation sites is 1. The Morgan fingerprint density at radius 1 is 1.10 bits per heavy atom. The molecule has 2 aromatic carbocycles. The maximum Gasteiger partial charge on any atom is 0.250 e. The van der Waals surface area contributed by atoms with Crippen LogP contribution < -0.4 is 10.5 Å². The van der Waals surface area contributed by atoms with E-state index in [2.05, 4.69) is 4.72 Å². The van der Waals surface area contributed by atoms with E-state index in [4.69, 9.17) is 5.73 Å². The molecule has 0 spiro atoms. The van der Waals surface area contributed by atoms with Crippen molar-refractivity contribution in [2.75, 3.05) is 4.72 Å². The third-order valence-corrected chi connectivity index (χ3v) is 4.29. The topological polar surface area (TPSA) is 89.3 Å². The first-order valence-electron chi connectivity index (χ1n) is 6.33. The van der Waals surface area contributed by atoms with Crippen LogP contribution in [0.2, 0.25) is 0 Å². The summed E-state index contributed by atoms with van der Waals surface area (Å²) in [7, 11) is -3.62. The van der Waals surface area contributed by atoms with E-state index < -0.39 is 15.9 Å². The number of benzene rings is 2. The summed E-state index contributed by atoms with van der Waals surface area (Å²) in [6.07, 6.45) is 0. The molecule has 5 nitrogen and oxygen atoms in total. The van der Waals surface area contributed by atoms with E-state index in [-0.39, 0.29) is 17.0 Å². The van der Waals surface area contributed by atoms with Gasteiger partial charge in [-0.15, -0.1) is 0 Å². The van der Waals surface area contributed by atoms with Gasteiger partial charge in [0.1, 0.15) is 0 Å². The molecule has 2 aromatic rings. The fraction of sp³-hybridized carbons (Fsp3) is 0.133. The number of primary amides is 1. The minimum absolute atomic E-state index is 0.144. The zero-order chi connectivity index (χ0) is 15.5. The predicted molar refractivity (Wildman–Crippen MR) is 82.4 cm³/mol. The Hall–Kier alpha value is -2.34. The zero-order valence-electron chi connectivity index (χ0n) is 11.5. The van der Waals surface area contributed by atoms with E-state index in [1.54, 1.807) is 24.3 Å². The molecule has 3 N–H and O–H groups in total. The number of carbonyl (C=O) groups excluding carboxylic acids is 1. The number of amides is 1. The molecule has 0 aliphatic heterocycles. The highest BCUT2D eigenvalue weighted by atomic mass is 32.2. The first kappa shape index (κ1) is 15.1. The maximum absolute atomic E-state index is 12.2. The van der Waals surface area contributed by atoms with E-state index in [1.165, 1.54) is 12.1 Å². The van der Waals surface area contributed by atoms with Gasteiger partial charge in [0.2, 0.25) is 10.0 Å². The molecule has 0 saturated carbocycles. The fourth-order valence-corrected chi connectivity index (χ4v) is 3.29. The Morgan fingerprint density at radius 3 is 2.38 bits per heavy atom. The first-order valence-corrected chi connectivity index (χ1v) is 7.98. The summed E-state index contributed by atoms with van der Waals surface area (Å²) in [4.78, 5) is 11.3. The van der Waals surface area contributed by atoms with Crippen LogP contribution in [0.3, 0.4) is 0 Å². The Morgan fingerprint density at radius 2 is 1.71 bits per heavy atom. The van der Waals surface area contributed by atoms with Crippen LogP contribution in [-0.4, -0.2) is 14.3 Å². The second kappa shape index (κ2) is 5.97. The second-order valence-electron chi connectivity index (χ2n) is 4.70. The molecule has 0 unspecified atom stereocenters. The summed E-state index contributed by atoms with van der Waals surface area (Å²) < 4.78 is 26.9. The largest absolute Gasteiger partial charge is 0.366 e. The van der Waals surface area contributed by atoms with Crippen molar-refractivity contribution in [3.63, 3.8) is 0 Å². The highest BCUT2D eigenvalue weighted by molar-refractivity contribution is 7.91. The zero-order valence-corrected chi connectivity index (χ0v) is 12.4. The summed E-state index contributed by atoms with van der Waals surface area (Å²) in [5.41, 5.74) is 7.18. The van der Waals surface area contributed by atoms with E-state index in [0.717, 1.165) is 5.56 Å². The lowest BCUT2D eigenvalue weighted by Crippen LogP contribution is -2.20. The predicted octanol–water partition coefficient (Wildman–Crippen LogP) is 2.04. The normalized spacial score (nSPS) is 11.1. The van der Waals surface area contributed by atoms with Crippen molar-refractivity contribution in [2.45, 2.75) is 12.7 Å². The van der Waals surface area contributed by atoms with Gasteiger partial charge >= 0.3 is 0 Å². The van der Waals surface area contributed by atoms with Gasteiger partial charge < -0.3 is 5.73 Å².